The highest BCUT2D eigenvalue weighted by atomic mass is 16.5. The van der Waals surface area contributed by atoms with Gasteiger partial charge in [-0.25, -0.2) is 0 Å². The molecule has 1 aromatic rings. The first kappa shape index (κ1) is 16.0. The molecule has 2 bridgehead atoms. The molecule has 0 aromatic heterocycles. The highest BCUT2D eigenvalue weighted by Gasteiger charge is 2.62. The number of benzene rings is 1. The second-order valence-corrected chi connectivity index (χ2v) is 7.05. The van der Waals surface area contributed by atoms with Crippen LogP contribution in [-0.2, 0) is 9.59 Å². The fraction of sp³-hybridized carbons (Fsp3) is 0.474. The van der Waals surface area contributed by atoms with Crippen molar-refractivity contribution in [3.8, 4) is 11.5 Å². The molecule has 25 heavy (non-hydrogen) atoms. The van der Waals surface area contributed by atoms with E-state index < -0.39 is 17.8 Å². The van der Waals surface area contributed by atoms with E-state index in [1.165, 1.54) is 7.11 Å². The van der Waals surface area contributed by atoms with Crippen molar-refractivity contribution in [1.29, 1.82) is 0 Å². The number of hydrogen-bond donors (Lipinski definition) is 2. The highest BCUT2D eigenvalue weighted by molar-refractivity contribution is 5.96. The molecule has 0 unspecified atom stereocenters. The summed E-state index contributed by atoms with van der Waals surface area (Å²) >= 11 is 0. The number of carboxylic acid groups (broad SMARTS) is 1. The Hall–Kier alpha value is -2.50. The number of ether oxygens (including phenoxy) is 2. The van der Waals surface area contributed by atoms with Crippen molar-refractivity contribution in [2.45, 2.75) is 6.42 Å². The lowest BCUT2D eigenvalue weighted by Gasteiger charge is -2.41. The summed E-state index contributed by atoms with van der Waals surface area (Å²) < 4.78 is 10.5. The molecule has 2 N–H and O–H groups in total. The van der Waals surface area contributed by atoms with E-state index in [2.05, 4.69) is 11.4 Å². The monoisotopic (exact) mass is 343 g/mol. The van der Waals surface area contributed by atoms with Gasteiger partial charge in [-0.15, -0.1) is 0 Å². The van der Waals surface area contributed by atoms with Crippen molar-refractivity contribution in [2.75, 3.05) is 19.5 Å². The minimum Gasteiger partial charge on any atom is -0.493 e. The Labute approximate surface area is 145 Å². The second-order valence-electron chi connectivity index (χ2n) is 7.05. The Morgan fingerprint density at radius 1 is 1.04 bits per heavy atom. The number of nitrogens with one attached hydrogen (secondary N) is 1. The van der Waals surface area contributed by atoms with Gasteiger partial charge in [0, 0.05) is 11.8 Å². The quantitative estimate of drug-likeness (QED) is 0.802. The average molecular weight is 343 g/mol. The van der Waals surface area contributed by atoms with Crippen molar-refractivity contribution in [2.24, 2.45) is 35.5 Å². The standard InChI is InChI=1S/C19H21NO5/c1-24-14-6-3-9(7-15(14)25-2)20-18(21)16-10-4-5-11(13-8-12(10)13)17(16)19(22)23/h3-7,10-13,16-17H,8H2,1-2H3,(H,20,21)(H,22,23)/t10-,11-,12-,13-,16+,17+/m0/s1. The zero-order valence-electron chi connectivity index (χ0n) is 14.1. The van der Waals surface area contributed by atoms with E-state index in [0.717, 1.165) is 6.42 Å². The first-order valence-corrected chi connectivity index (χ1v) is 8.49. The third-order valence-corrected chi connectivity index (χ3v) is 5.89. The molecular formula is C19H21NO5. The number of carboxylic acids is 1. The fourth-order valence-corrected chi connectivity index (χ4v) is 4.71. The molecule has 0 spiro atoms. The van der Waals surface area contributed by atoms with Gasteiger partial charge in [-0.3, -0.25) is 9.59 Å². The molecule has 2 saturated carbocycles. The van der Waals surface area contributed by atoms with Crippen LogP contribution in [0.3, 0.4) is 0 Å². The van der Waals surface area contributed by atoms with Gasteiger partial charge in [0.1, 0.15) is 0 Å². The van der Waals surface area contributed by atoms with Gasteiger partial charge in [-0.2, -0.15) is 0 Å². The van der Waals surface area contributed by atoms with Crippen LogP contribution in [0.15, 0.2) is 30.4 Å². The van der Waals surface area contributed by atoms with Gasteiger partial charge >= 0.3 is 5.97 Å². The Morgan fingerprint density at radius 3 is 2.28 bits per heavy atom. The maximum atomic E-state index is 12.9. The van der Waals surface area contributed by atoms with Crippen LogP contribution in [0.2, 0.25) is 0 Å². The topological polar surface area (TPSA) is 84.9 Å². The minimum atomic E-state index is -0.878. The number of methoxy groups -OCH3 is 2. The van der Waals surface area contributed by atoms with E-state index in [1.807, 2.05) is 6.08 Å². The maximum absolute atomic E-state index is 12.9. The summed E-state index contributed by atoms with van der Waals surface area (Å²) in [5, 5.41) is 12.6. The van der Waals surface area contributed by atoms with Crippen molar-refractivity contribution in [1.82, 2.24) is 0 Å². The van der Waals surface area contributed by atoms with Crippen molar-refractivity contribution < 1.29 is 24.2 Å². The number of allylic oxidation sites excluding steroid dienone is 2. The Morgan fingerprint density at radius 2 is 1.68 bits per heavy atom. The summed E-state index contributed by atoms with van der Waals surface area (Å²) in [6.07, 6.45) is 5.10. The normalized spacial score (nSPS) is 34.2. The lowest BCUT2D eigenvalue weighted by Crippen LogP contribution is -2.48. The van der Waals surface area contributed by atoms with Crippen molar-refractivity contribution >= 4 is 17.6 Å². The van der Waals surface area contributed by atoms with Crippen LogP contribution < -0.4 is 14.8 Å². The number of rotatable bonds is 5. The lowest BCUT2D eigenvalue weighted by molar-refractivity contribution is -0.152. The molecule has 0 aliphatic heterocycles. The van der Waals surface area contributed by atoms with Crippen LogP contribution in [-0.4, -0.2) is 31.2 Å². The molecule has 6 atom stereocenters. The number of aliphatic carboxylic acids is 1. The van der Waals surface area contributed by atoms with E-state index in [9.17, 15) is 14.7 Å². The molecule has 0 heterocycles. The molecule has 1 amide bonds. The van der Waals surface area contributed by atoms with Crippen LogP contribution >= 0.6 is 0 Å². The summed E-state index contributed by atoms with van der Waals surface area (Å²) in [5.74, 6) is -0.269. The van der Waals surface area contributed by atoms with Gasteiger partial charge < -0.3 is 19.9 Å². The van der Waals surface area contributed by atoms with E-state index in [-0.39, 0.29) is 17.7 Å². The first-order chi connectivity index (χ1) is 12.0. The van der Waals surface area contributed by atoms with Crippen LogP contribution in [0, 0.1) is 35.5 Å². The van der Waals surface area contributed by atoms with Crippen molar-refractivity contribution in [3.05, 3.63) is 30.4 Å². The lowest BCUT2D eigenvalue weighted by atomic mass is 9.62. The number of amides is 1. The van der Waals surface area contributed by atoms with Crippen molar-refractivity contribution in [3.63, 3.8) is 0 Å². The van der Waals surface area contributed by atoms with Crippen LogP contribution in [0.25, 0.3) is 0 Å². The molecule has 1 aromatic carbocycles. The summed E-state index contributed by atoms with van der Waals surface area (Å²) in [5.41, 5.74) is 0.574. The van der Waals surface area contributed by atoms with Gasteiger partial charge in [0.2, 0.25) is 5.91 Å². The summed E-state index contributed by atoms with van der Waals surface area (Å²) in [6.45, 7) is 0. The molecular weight excluding hydrogens is 322 g/mol. The number of hydrogen-bond acceptors (Lipinski definition) is 4. The molecule has 5 rings (SSSR count). The van der Waals surface area contributed by atoms with Crippen LogP contribution in [0.4, 0.5) is 5.69 Å². The van der Waals surface area contributed by atoms with Gasteiger partial charge in [-0.1, -0.05) is 12.2 Å². The minimum absolute atomic E-state index is 0.0198. The first-order valence-electron chi connectivity index (χ1n) is 8.49. The van der Waals surface area contributed by atoms with Gasteiger partial charge in [0.15, 0.2) is 11.5 Å². The number of fused-ring (bicyclic) bond motifs is 1. The van der Waals surface area contributed by atoms with E-state index in [4.69, 9.17) is 9.47 Å². The maximum Gasteiger partial charge on any atom is 0.307 e. The molecule has 4 aliphatic rings. The van der Waals surface area contributed by atoms with Crippen LogP contribution in [0.5, 0.6) is 11.5 Å². The SMILES string of the molecule is COc1ccc(NC(=O)[C@@H]2[C@H]3C=C[C@@H]([C@@H]4C[C@@H]34)[C@H]2C(=O)O)cc1OC. The molecule has 0 radical (unpaired) electrons. The van der Waals surface area contributed by atoms with Gasteiger partial charge in [0.25, 0.3) is 0 Å². The Kier molecular flexibility index (Phi) is 3.71. The predicted molar refractivity (Wildman–Crippen MR) is 90.5 cm³/mol. The number of carbonyl (C=O) groups is 2. The third kappa shape index (κ3) is 2.47. The molecule has 6 nitrogen and oxygen atoms in total. The largest absolute Gasteiger partial charge is 0.493 e. The van der Waals surface area contributed by atoms with E-state index in [0.29, 0.717) is 29.0 Å². The summed E-state index contributed by atoms with van der Waals surface area (Å²) in [6, 6.07) is 5.13. The highest BCUT2D eigenvalue weighted by Crippen LogP contribution is 2.63. The van der Waals surface area contributed by atoms with Gasteiger partial charge in [-0.05, 0) is 42.2 Å². The number of carbonyl (C=O) groups excluding carboxylic acids is 1. The summed E-state index contributed by atoms with van der Waals surface area (Å²) in [7, 11) is 3.08. The Bertz CT molecular complexity index is 758. The molecule has 0 saturated heterocycles. The molecule has 4 aliphatic carbocycles. The van der Waals surface area contributed by atoms with E-state index >= 15 is 0 Å². The van der Waals surface area contributed by atoms with E-state index in [1.54, 1.807) is 25.3 Å². The molecule has 2 fully saturated rings. The smallest absolute Gasteiger partial charge is 0.307 e. The average Bonchev–Trinajstić information content (AvgIpc) is 3.43. The summed E-state index contributed by atoms with van der Waals surface area (Å²) in [4.78, 5) is 24.7. The predicted octanol–water partition coefficient (Wildman–Crippen LogP) is 2.41. The second kappa shape index (κ2) is 5.79. The Balaban J connectivity index is 1.58. The zero-order chi connectivity index (χ0) is 17.7. The molecule has 132 valence electrons. The number of anilines is 1. The fourth-order valence-electron chi connectivity index (χ4n) is 4.71. The van der Waals surface area contributed by atoms with Crippen LogP contribution in [0.1, 0.15) is 6.42 Å². The van der Waals surface area contributed by atoms with Gasteiger partial charge in [0.05, 0.1) is 26.1 Å². The molecule has 6 heteroatoms. The zero-order valence-corrected chi connectivity index (χ0v) is 14.1. The third-order valence-electron chi connectivity index (χ3n) is 5.89.